The first kappa shape index (κ1) is 13.3. The molecular weight excluding hydrogens is 240 g/mol. The summed E-state index contributed by atoms with van der Waals surface area (Å²) in [5, 5.41) is 2.72. The first-order chi connectivity index (χ1) is 9.08. The predicted molar refractivity (Wildman–Crippen MR) is 74.5 cm³/mol. The molecule has 100 valence electrons. The van der Waals surface area contributed by atoms with Gasteiger partial charge in [0.1, 0.15) is 0 Å². The Morgan fingerprint density at radius 3 is 2.68 bits per heavy atom. The molecule has 0 saturated carbocycles. The van der Waals surface area contributed by atoms with Gasteiger partial charge in [-0.25, -0.2) is 0 Å². The fourth-order valence-electron chi connectivity index (χ4n) is 2.23. The Morgan fingerprint density at radius 1 is 1.47 bits per heavy atom. The Bertz CT molecular complexity index is 493. The molecule has 4 heteroatoms. The minimum absolute atomic E-state index is 0.0868. The van der Waals surface area contributed by atoms with Gasteiger partial charge in [0.25, 0.3) is 0 Å². The average molecular weight is 258 g/mol. The van der Waals surface area contributed by atoms with Crippen molar-refractivity contribution in [3.05, 3.63) is 42.5 Å². The quantitative estimate of drug-likeness (QED) is 0.841. The molecule has 1 aromatic carbocycles. The van der Waals surface area contributed by atoms with E-state index in [2.05, 4.69) is 11.9 Å². The molecule has 0 spiro atoms. The SMILES string of the molecule is C=CC1CC(=O)N(Cc2ccc(NC(C)=O)cc2)C1. The van der Waals surface area contributed by atoms with Crippen molar-refractivity contribution in [1.82, 2.24) is 4.90 Å². The highest BCUT2D eigenvalue weighted by molar-refractivity contribution is 5.88. The molecule has 1 aliphatic rings. The van der Waals surface area contributed by atoms with Crippen molar-refractivity contribution in [2.24, 2.45) is 5.92 Å². The van der Waals surface area contributed by atoms with Crippen molar-refractivity contribution in [3.8, 4) is 0 Å². The van der Waals surface area contributed by atoms with Gasteiger partial charge in [0.15, 0.2) is 0 Å². The second kappa shape index (κ2) is 5.69. The Morgan fingerprint density at radius 2 is 2.16 bits per heavy atom. The lowest BCUT2D eigenvalue weighted by Gasteiger charge is -2.16. The summed E-state index contributed by atoms with van der Waals surface area (Å²) in [6.45, 7) is 6.58. The van der Waals surface area contributed by atoms with Crippen LogP contribution in [0.1, 0.15) is 18.9 Å². The maximum atomic E-state index is 11.8. The summed E-state index contributed by atoms with van der Waals surface area (Å²) < 4.78 is 0. The fourth-order valence-corrected chi connectivity index (χ4v) is 2.23. The minimum atomic E-state index is -0.0868. The predicted octanol–water partition coefficient (Wildman–Crippen LogP) is 2.18. The summed E-state index contributed by atoms with van der Waals surface area (Å²) in [5.74, 6) is 0.360. The van der Waals surface area contributed by atoms with Gasteiger partial charge in [-0.1, -0.05) is 18.2 Å². The molecule has 1 aliphatic heterocycles. The molecule has 1 heterocycles. The highest BCUT2D eigenvalue weighted by Crippen LogP contribution is 2.21. The van der Waals surface area contributed by atoms with E-state index >= 15 is 0 Å². The van der Waals surface area contributed by atoms with E-state index in [9.17, 15) is 9.59 Å². The van der Waals surface area contributed by atoms with Crippen LogP contribution in [-0.4, -0.2) is 23.3 Å². The summed E-state index contributed by atoms with van der Waals surface area (Å²) in [7, 11) is 0. The van der Waals surface area contributed by atoms with Crippen LogP contribution in [-0.2, 0) is 16.1 Å². The van der Waals surface area contributed by atoms with Crippen molar-refractivity contribution in [2.75, 3.05) is 11.9 Å². The zero-order valence-electron chi connectivity index (χ0n) is 11.1. The van der Waals surface area contributed by atoms with Crippen molar-refractivity contribution < 1.29 is 9.59 Å². The van der Waals surface area contributed by atoms with Gasteiger partial charge >= 0.3 is 0 Å². The number of nitrogens with one attached hydrogen (secondary N) is 1. The van der Waals surface area contributed by atoms with Crippen LogP contribution in [0.25, 0.3) is 0 Å². The molecule has 19 heavy (non-hydrogen) atoms. The number of hydrogen-bond acceptors (Lipinski definition) is 2. The lowest BCUT2D eigenvalue weighted by Crippen LogP contribution is -2.24. The van der Waals surface area contributed by atoms with Gasteiger partial charge in [-0.15, -0.1) is 6.58 Å². The molecule has 1 atom stereocenters. The number of anilines is 1. The molecule has 1 N–H and O–H groups in total. The lowest BCUT2D eigenvalue weighted by molar-refractivity contribution is -0.128. The number of rotatable bonds is 4. The first-order valence-electron chi connectivity index (χ1n) is 6.35. The standard InChI is InChI=1S/C15H18N2O2/c1-3-12-8-15(19)17(9-12)10-13-4-6-14(7-5-13)16-11(2)18/h3-7,12H,1,8-10H2,2H3,(H,16,18). The van der Waals surface area contributed by atoms with Gasteiger partial charge in [-0.2, -0.15) is 0 Å². The smallest absolute Gasteiger partial charge is 0.223 e. The molecule has 0 bridgehead atoms. The molecule has 2 amide bonds. The molecule has 0 aromatic heterocycles. The minimum Gasteiger partial charge on any atom is -0.338 e. The normalized spacial score (nSPS) is 18.5. The van der Waals surface area contributed by atoms with Gasteiger partial charge in [-0.3, -0.25) is 9.59 Å². The van der Waals surface area contributed by atoms with Crippen molar-refractivity contribution in [2.45, 2.75) is 19.9 Å². The third-order valence-corrected chi connectivity index (χ3v) is 3.23. The van der Waals surface area contributed by atoms with Gasteiger partial charge < -0.3 is 10.2 Å². The van der Waals surface area contributed by atoms with Crippen LogP contribution in [0.4, 0.5) is 5.69 Å². The number of benzene rings is 1. The molecule has 2 rings (SSSR count). The van der Waals surface area contributed by atoms with Crippen LogP contribution in [0.2, 0.25) is 0 Å². The number of likely N-dealkylation sites (tertiary alicyclic amines) is 1. The van der Waals surface area contributed by atoms with Crippen LogP contribution < -0.4 is 5.32 Å². The molecule has 1 fully saturated rings. The van der Waals surface area contributed by atoms with Gasteiger partial charge in [0.05, 0.1) is 0 Å². The molecule has 4 nitrogen and oxygen atoms in total. The van der Waals surface area contributed by atoms with E-state index in [4.69, 9.17) is 0 Å². The molecule has 1 aromatic rings. The topological polar surface area (TPSA) is 49.4 Å². The molecule has 0 radical (unpaired) electrons. The zero-order chi connectivity index (χ0) is 13.8. The molecule has 1 unspecified atom stereocenters. The Balaban J connectivity index is 1.98. The number of nitrogens with zero attached hydrogens (tertiary/aromatic N) is 1. The Kier molecular flexibility index (Phi) is 4.00. The lowest BCUT2D eigenvalue weighted by atomic mass is 10.1. The third kappa shape index (κ3) is 3.44. The summed E-state index contributed by atoms with van der Waals surface area (Å²) in [6.07, 6.45) is 2.41. The summed E-state index contributed by atoms with van der Waals surface area (Å²) in [6, 6.07) is 7.56. The van der Waals surface area contributed by atoms with E-state index in [0.29, 0.717) is 13.0 Å². The monoisotopic (exact) mass is 258 g/mol. The fraction of sp³-hybridized carbons (Fsp3) is 0.333. The number of carbonyl (C=O) groups excluding carboxylic acids is 2. The summed E-state index contributed by atoms with van der Waals surface area (Å²) in [5.41, 5.74) is 1.83. The molecular formula is C15H18N2O2. The van der Waals surface area contributed by atoms with Crippen molar-refractivity contribution >= 4 is 17.5 Å². The van der Waals surface area contributed by atoms with Crippen LogP contribution in [0.15, 0.2) is 36.9 Å². The van der Waals surface area contributed by atoms with Gasteiger partial charge in [0, 0.05) is 38.0 Å². The molecule has 0 aliphatic carbocycles. The van der Waals surface area contributed by atoms with E-state index in [0.717, 1.165) is 17.8 Å². The van der Waals surface area contributed by atoms with Crippen molar-refractivity contribution in [1.29, 1.82) is 0 Å². The second-order valence-electron chi connectivity index (χ2n) is 4.85. The molecule has 1 saturated heterocycles. The largest absolute Gasteiger partial charge is 0.338 e. The van der Waals surface area contributed by atoms with Gasteiger partial charge in [0.2, 0.25) is 11.8 Å². The van der Waals surface area contributed by atoms with E-state index in [1.807, 2.05) is 35.2 Å². The van der Waals surface area contributed by atoms with Crippen LogP contribution in [0.3, 0.4) is 0 Å². The number of carbonyl (C=O) groups is 2. The summed E-state index contributed by atoms with van der Waals surface area (Å²) in [4.78, 5) is 24.5. The maximum absolute atomic E-state index is 11.8. The number of hydrogen-bond donors (Lipinski definition) is 1. The van der Waals surface area contributed by atoms with E-state index < -0.39 is 0 Å². The maximum Gasteiger partial charge on any atom is 0.223 e. The highest BCUT2D eigenvalue weighted by atomic mass is 16.2. The van der Waals surface area contributed by atoms with Crippen LogP contribution >= 0.6 is 0 Å². The Hall–Kier alpha value is -2.10. The Labute approximate surface area is 113 Å². The highest BCUT2D eigenvalue weighted by Gasteiger charge is 2.27. The van der Waals surface area contributed by atoms with E-state index in [1.165, 1.54) is 6.92 Å². The van der Waals surface area contributed by atoms with Crippen LogP contribution in [0.5, 0.6) is 0 Å². The van der Waals surface area contributed by atoms with E-state index in [1.54, 1.807) is 0 Å². The zero-order valence-corrected chi connectivity index (χ0v) is 11.1. The second-order valence-corrected chi connectivity index (χ2v) is 4.85. The third-order valence-electron chi connectivity index (χ3n) is 3.23. The van der Waals surface area contributed by atoms with E-state index in [-0.39, 0.29) is 17.7 Å². The summed E-state index contributed by atoms with van der Waals surface area (Å²) >= 11 is 0. The van der Waals surface area contributed by atoms with Crippen LogP contribution in [0, 0.1) is 5.92 Å². The van der Waals surface area contributed by atoms with Gasteiger partial charge in [-0.05, 0) is 17.7 Å². The first-order valence-corrected chi connectivity index (χ1v) is 6.35. The average Bonchev–Trinajstić information content (AvgIpc) is 2.72. The number of amides is 2. The van der Waals surface area contributed by atoms with Crippen molar-refractivity contribution in [3.63, 3.8) is 0 Å².